The molecule has 0 unspecified atom stereocenters. The summed E-state index contributed by atoms with van der Waals surface area (Å²) in [6.07, 6.45) is 0.904. The number of alkyl halides is 2. The first-order chi connectivity index (χ1) is 9.75. The van der Waals surface area contributed by atoms with Gasteiger partial charge in [0.15, 0.2) is 0 Å². The van der Waals surface area contributed by atoms with Gasteiger partial charge in [-0.3, -0.25) is 0 Å². The highest BCUT2D eigenvalue weighted by molar-refractivity contribution is 7.89. The van der Waals surface area contributed by atoms with E-state index in [1.54, 1.807) is 6.92 Å². The lowest BCUT2D eigenvalue weighted by atomic mass is 10.3. The molecule has 116 valence electrons. The van der Waals surface area contributed by atoms with Crippen LogP contribution in [0.15, 0.2) is 15.7 Å². The van der Waals surface area contributed by atoms with Gasteiger partial charge >= 0.3 is 6.55 Å². The zero-order valence-corrected chi connectivity index (χ0v) is 12.3. The second-order valence-electron chi connectivity index (χ2n) is 4.37. The van der Waals surface area contributed by atoms with Crippen molar-refractivity contribution in [2.24, 2.45) is 0 Å². The van der Waals surface area contributed by atoms with E-state index < -0.39 is 16.6 Å². The van der Waals surface area contributed by atoms with E-state index in [1.165, 1.54) is 14.0 Å². The van der Waals surface area contributed by atoms with Crippen molar-refractivity contribution in [3.63, 3.8) is 0 Å². The highest BCUT2D eigenvalue weighted by atomic mass is 32.2. The molecule has 0 aliphatic carbocycles. The van der Waals surface area contributed by atoms with Gasteiger partial charge in [0, 0.05) is 7.05 Å². The van der Waals surface area contributed by atoms with E-state index in [9.17, 15) is 17.2 Å². The Morgan fingerprint density at radius 3 is 2.52 bits per heavy atom. The highest BCUT2D eigenvalue weighted by Gasteiger charge is 2.28. The molecule has 21 heavy (non-hydrogen) atoms. The van der Waals surface area contributed by atoms with Gasteiger partial charge in [0.2, 0.25) is 10.0 Å². The van der Waals surface area contributed by atoms with Gasteiger partial charge in [0.05, 0.1) is 18.4 Å². The largest absolute Gasteiger partial charge is 0.333 e. The lowest BCUT2D eigenvalue weighted by Crippen LogP contribution is -2.27. The number of hydrogen-bond acceptors (Lipinski definition) is 6. The molecular formula is C10H13F2N5O3S. The number of sulfonamides is 1. The summed E-state index contributed by atoms with van der Waals surface area (Å²) in [4.78, 5) is -0.278. The predicted octanol–water partition coefficient (Wildman–Crippen LogP) is 1.10. The molecule has 8 nitrogen and oxygen atoms in total. The van der Waals surface area contributed by atoms with E-state index in [2.05, 4.69) is 20.0 Å². The van der Waals surface area contributed by atoms with E-state index in [0.29, 0.717) is 16.1 Å². The molecule has 0 aromatic carbocycles. The minimum atomic E-state index is -3.97. The van der Waals surface area contributed by atoms with Gasteiger partial charge in [-0.15, -0.1) is 0 Å². The molecule has 2 aromatic heterocycles. The van der Waals surface area contributed by atoms with Crippen molar-refractivity contribution in [3.8, 4) is 0 Å². The third-order valence-corrected chi connectivity index (χ3v) is 4.90. The topological polar surface area (TPSA) is 94.1 Å². The van der Waals surface area contributed by atoms with Crippen LogP contribution in [0, 0.1) is 13.8 Å². The third-order valence-electron chi connectivity index (χ3n) is 2.99. The molecule has 0 atom stereocenters. The number of halogens is 2. The van der Waals surface area contributed by atoms with E-state index in [1.807, 2.05) is 0 Å². The molecule has 0 N–H and O–H groups in total. The highest BCUT2D eigenvalue weighted by Crippen LogP contribution is 2.23. The van der Waals surface area contributed by atoms with Gasteiger partial charge in [-0.25, -0.2) is 17.7 Å². The summed E-state index contributed by atoms with van der Waals surface area (Å²) in [5, 5.41) is 10.5. The van der Waals surface area contributed by atoms with Gasteiger partial charge in [-0.1, -0.05) is 10.3 Å². The smallest absolute Gasteiger partial charge is 0.244 e. The van der Waals surface area contributed by atoms with Crippen LogP contribution in [-0.2, 0) is 16.6 Å². The van der Waals surface area contributed by atoms with Crippen molar-refractivity contribution in [2.75, 3.05) is 7.05 Å². The quantitative estimate of drug-likeness (QED) is 0.818. The molecule has 0 spiro atoms. The van der Waals surface area contributed by atoms with Gasteiger partial charge in [-0.2, -0.15) is 18.2 Å². The van der Waals surface area contributed by atoms with Crippen LogP contribution in [0.3, 0.4) is 0 Å². The monoisotopic (exact) mass is 321 g/mol. The van der Waals surface area contributed by atoms with Crippen molar-refractivity contribution < 1.29 is 21.8 Å². The Labute approximate surface area is 119 Å². The maximum Gasteiger partial charge on any atom is 0.333 e. The van der Waals surface area contributed by atoms with Crippen LogP contribution in [0.2, 0.25) is 0 Å². The number of hydrogen-bond donors (Lipinski definition) is 0. The molecule has 0 aliphatic heterocycles. The first-order valence-electron chi connectivity index (χ1n) is 5.81. The average Bonchev–Trinajstić information content (AvgIpc) is 2.96. The Kier molecular flexibility index (Phi) is 4.05. The van der Waals surface area contributed by atoms with Crippen molar-refractivity contribution in [1.82, 2.24) is 24.4 Å². The normalized spacial score (nSPS) is 12.5. The van der Waals surface area contributed by atoms with Crippen LogP contribution >= 0.6 is 0 Å². The number of aryl methyl sites for hydroxylation is 1. The standard InChI is InChI=1S/C10H13F2N5O3S/c1-6-8(15-20-14-6)5-16(3)21(18,19)9-4-13-17(7(9)2)10(11)12/h4,10H,5H2,1-3H3. The van der Waals surface area contributed by atoms with Crippen molar-refractivity contribution in [3.05, 3.63) is 23.3 Å². The number of aromatic nitrogens is 4. The summed E-state index contributed by atoms with van der Waals surface area (Å²) < 4.78 is 55.9. The van der Waals surface area contributed by atoms with E-state index in [4.69, 9.17) is 0 Å². The zero-order valence-electron chi connectivity index (χ0n) is 11.5. The zero-order chi connectivity index (χ0) is 15.8. The van der Waals surface area contributed by atoms with Crippen molar-refractivity contribution in [2.45, 2.75) is 31.8 Å². The number of nitrogens with zero attached hydrogens (tertiary/aromatic N) is 5. The fourth-order valence-corrected chi connectivity index (χ4v) is 2.99. The lowest BCUT2D eigenvalue weighted by Gasteiger charge is -2.15. The molecule has 0 fully saturated rings. The SMILES string of the molecule is Cc1nonc1CN(C)S(=O)(=O)c1cnn(C(F)F)c1C. The first-order valence-corrected chi connectivity index (χ1v) is 7.25. The molecule has 0 saturated heterocycles. The molecule has 0 bridgehead atoms. The maximum atomic E-state index is 12.6. The summed E-state index contributed by atoms with van der Waals surface area (Å²) in [6.45, 7) is -0.104. The van der Waals surface area contributed by atoms with E-state index in [-0.39, 0.29) is 17.1 Å². The summed E-state index contributed by atoms with van der Waals surface area (Å²) in [5.41, 5.74) is 0.670. The Balaban J connectivity index is 2.31. The average molecular weight is 321 g/mol. The predicted molar refractivity (Wildman–Crippen MR) is 65.9 cm³/mol. The molecule has 2 aromatic rings. The Hall–Kier alpha value is -1.88. The first kappa shape index (κ1) is 15.5. The second kappa shape index (κ2) is 5.48. The molecule has 2 heterocycles. The summed E-state index contributed by atoms with van der Waals surface area (Å²) >= 11 is 0. The molecule has 0 saturated carbocycles. The fourth-order valence-electron chi connectivity index (χ4n) is 1.71. The molecule has 2 rings (SSSR count). The maximum absolute atomic E-state index is 12.6. The summed E-state index contributed by atoms with van der Waals surface area (Å²) in [7, 11) is -2.66. The lowest BCUT2D eigenvalue weighted by molar-refractivity contribution is 0.0541. The van der Waals surface area contributed by atoms with Crippen molar-refractivity contribution >= 4 is 10.0 Å². The van der Waals surface area contributed by atoms with Gasteiger partial charge in [-0.05, 0) is 13.8 Å². The summed E-state index contributed by atoms with van der Waals surface area (Å²) in [6, 6.07) is 0. The van der Waals surface area contributed by atoms with Crippen molar-refractivity contribution in [1.29, 1.82) is 0 Å². The van der Waals surface area contributed by atoms with Crippen LogP contribution < -0.4 is 0 Å². The Morgan fingerprint density at radius 2 is 2.05 bits per heavy atom. The summed E-state index contributed by atoms with van der Waals surface area (Å²) in [5.74, 6) is 0. The molecular weight excluding hydrogens is 308 g/mol. The van der Waals surface area contributed by atoms with E-state index >= 15 is 0 Å². The third kappa shape index (κ3) is 2.78. The minimum absolute atomic E-state index is 0.0863. The van der Waals surface area contributed by atoms with Gasteiger partial charge in [0.25, 0.3) is 0 Å². The molecule has 0 amide bonds. The van der Waals surface area contributed by atoms with Crippen LogP contribution in [0.4, 0.5) is 8.78 Å². The van der Waals surface area contributed by atoms with Crippen LogP contribution in [0.1, 0.15) is 23.6 Å². The van der Waals surface area contributed by atoms with Gasteiger partial charge < -0.3 is 0 Å². The van der Waals surface area contributed by atoms with Crippen LogP contribution in [0.25, 0.3) is 0 Å². The molecule has 0 radical (unpaired) electrons. The van der Waals surface area contributed by atoms with Crippen LogP contribution in [-0.4, -0.2) is 39.9 Å². The number of rotatable bonds is 5. The van der Waals surface area contributed by atoms with Gasteiger partial charge in [0.1, 0.15) is 16.3 Å². The molecule has 11 heteroatoms. The van der Waals surface area contributed by atoms with E-state index in [0.717, 1.165) is 10.5 Å². The molecule has 0 aliphatic rings. The Bertz CT molecular complexity index is 740. The Morgan fingerprint density at radius 1 is 1.38 bits per heavy atom. The van der Waals surface area contributed by atoms with Crippen LogP contribution in [0.5, 0.6) is 0 Å². The fraction of sp³-hybridized carbons (Fsp3) is 0.500. The minimum Gasteiger partial charge on any atom is -0.244 e. The second-order valence-corrected chi connectivity index (χ2v) is 6.39.